The molecule has 2 amide bonds. The number of anilines is 2. The van der Waals surface area contributed by atoms with Crippen LogP contribution in [0.3, 0.4) is 0 Å². The van der Waals surface area contributed by atoms with Gasteiger partial charge in [-0.1, -0.05) is 103 Å². The molecule has 2 aliphatic rings. The fraction of sp³-hybridized carbons (Fsp3) is 0.294. The maximum absolute atomic E-state index is 15.5. The van der Waals surface area contributed by atoms with Crippen molar-refractivity contribution in [3.05, 3.63) is 162 Å². The second-order valence-electron chi connectivity index (χ2n) is 17.6. The number of aryl methyl sites for hydroxylation is 1. The van der Waals surface area contributed by atoms with Crippen molar-refractivity contribution in [2.45, 2.75) is 69.1 Å². The van der Waals surface area contributed by atoms with Crippen molar-refractivity contribution in [1.82, 2.24) is 20.0 Å². The van der Waals surface area contributed by atoms with Crippen LogP contribution in [0.15, 0.2) is 134 Å². The van der Waals surface area contributed by atoms with Gasteiger partial charge in [0, 0.05) is 47.0 Å². The summed E-state index contributed by atoms with van der Waals surface area (Å²) in [5, 5.41) is 24.7. The molecule has 4 heterocycles. The van der Waals surface area contributed by atoms with Crippen molar-refractivity contribution >= 4 is 47.4 Å². The summed E-state index contributed by atoms with van der Waals surface area (Å²) in [4.78, 5) is 33.7. The molecule has 7 aromatic rings. The number of aliphatic hydroxyl groups excluding tert-OH is 1. The Hall–Kier alpha value is -6.54. The molecule has 1 spiro atoms. The Labute approximate surface area is 374 Å². The molecular weight excluding hydrogens is 821 g/mol. The summed E-state index contributed by atoms with van der Waals surface area (Å²) in [5.74, 6) is 0.704. The summed E-state index contributed by atoms with van der Waals surface area (Å²) in [6, 6.07) is 39.7. The van der Waals surface area contributed by atoms with Gasteiger partial charge in [-0.3, -0.25) is 14.3 Å². The molecule has 1 saturated heterocycles. The van der Waals surface area contributed by atoms with Crippen molar-refractivity contribution in [3.63, 3.8) is 0 Å². The first kappa shape index (κ1) is 42.7. The van der Waals surface area contributed by atoms with Gasteiger partial charge >= 0.3 is 0 Å². The second kappa shape index (κ2) is 17.6. The lowest BCUT2D eigenvalue weighted by atomic mass is 9.82. The molecule has 64 heavy (non-hydrogen) atoms. The monoisotopic (exact) mass is 874 g/mol. The van der Waals surface area contributed by atoms with E-state index in [9.17, 15) is 9.90 Å². The van der Waals surface area contributed by atoms with Gasteiger partial charge in [0.25, 0.3) is 5.91 Å². The van der Waals surface area contributed by atoms with E-state index >= 15 is 4.79 Å². The molecular formula is C51H54N6O6Si. The lowest BCUT2D eigenvalue weighted by Gasteiger charge is -2.37. The van der Waals surface area contributed by atoms with E-state index in [1.165, 1.54) is 5.19 Å². The zero-order valence-corrected chi connectivity index (χ0v) is 37.8. The second-order valence-corrected chi connectivity index (χ2v) is 22.2. The van der Waals surface area contributed by atoms with E-state index in [1.807, 2.05) is 131 Å². The number of nitrogens with zero attached hydrogens (tertiary/aromatic N) is 4. The van der Waals surface area contributed by atoms with Crippen molar-refractivity contribution < 1.29 is 28.9 Å². The molecule has 1 unspecified atom stereocenters. The van der Waals surface area contributed by atoms with Crippen LogP contribution < -0.4 is 24.9 Å². The largest absolute Gasteiger partial charge is 0.497 e. The van der Waals surface area contributed by atoms with Crippen LogP contribution in [0, 0.1) is 5.92 Å². The number of hydrogen-bond donors (Lipinski definition) is 3. The molecule has 2 aromatic heterocycles. The molecule has 2 aliphatic heterocycles. The van der Waals surface area contributed by atoms with E-state index in [0.29, 0.717) is 36.6 Å². The molecule has 0 saturated carbocycles. The number of aromatic amines is 1. The maximum atomic E-state index is 15.5. The normalized spacial score (nSPS) is 19.9. The van der Waals surface area contributed by atoms with Crippen molar-refractivity contribution in [2.75, 3.05) is 31.0 Å². The third-order valence-electron chi connectivity index (χ3n) is 13.6. The Morgan fingerprint density at radius 1 is 0.938 bits per heavy atom. The highest BCUT2D eigenvalue weighted by molar-refractivity contribution is 6.91. The van der Waals surface area contributed by atoms with Gasteiger partial charge in [0.05, 0.1) is 65.3 Å². The van der Waals surface area contributed by atoms with Crippen LogP contribution in [0.1, 0.15) is 47.2 Å². The van der Waals surface area contributed by atoms with Crippen molar-refractivity contribution in [1.29, 1.82) is 0 Å². The van der Waals surface area contributed by atoms with Crippen LogP contribution in [0.25, 0.3) is 10.9 Å². The summed E-state index contributed by atoms with van der Waals surface area (Å²) >= 11 is 0. The first-order valence-electron chi connectivity index (χ1n) is 21.9. The number of para-hydroxylation sites is 1. The molecule has 9 rings (SSSR count). The van der Waals surface area contributed by atoms with Crippen LogP contribution >= 0.6 is 0 Å². The summed E-state index contributed by atoms with van der Waals surface area (Å²) in [6.45, 7) is 7.64. The molecule has 0 bridgehead atoms. The number of carbonyl (C=O) groups is 2. The Morgan fingerprint density at radius 3 is 2.39 bits per heavy atom. The minimum atomic E-state index is -2.42. The van der Waals surface area contributed by atoms with Gasteiger partial charge < -0.3 is 34.5 Å². The quantitative estimate of drug-likeness (QED) is 0.0882. The van der Waals surface area contributed by atoms with Crippen LogP contribution in [0.4, 0.5) is 11.4 Å². The molecule has 1 fully saturated rings. The number of aromatic nitrogens is 4. The Morgan fingerprint density at radius 2 is 1.66 bits per heavy atom. The molecule has 5 atom stereocenters. The fourth-order valence-corrected chi connectivity index (χ4v) is 14.3. The van der Waals surface area contributed by atoms with Gasteiger partial charge in [-0.05, 0) is 77.2 Å². The summed E-state index contributed by atoms with van der Waals surface area (Å²) in [7, 11) is 0.887. The Balaban J connectivity index is 1.00. The third-order valence-corrected chi connectivity index (χ3v) is 17.9. The highest BCUT2D eigenvalue weighted by Crippen LogP contribution is 2.60. The minimum absolute atomic E-state index is 0.00787. The number of aliphatic hydroxyl groups is 1. The fourth-order valence-electron chi connectivity index (χ4n) is 10.3. The average Bonchev–Trinajstić information content (AvgIpc) is 4.08. The lowest BCUT2D eigenvalue weighted by molar-refractivity contribution is -0.146. The minimum Gasteiger partial charge on any atom is -0.497 e. The van der Waals surface area contributed by atoms with Crippen molar-refractivity contribution in [2.24, 2.45) is 5.92 Å². The summed E-state index contributed by atoms with van der Waals surface area (Å²) < 4.78 is 20.6. The smallest absolute Gasteiger partial charge is 0.264 e. The molecule has 328 valence electrons. The number of amides is 2. The standard InChI is InChI=1S/C51H54N6O6Si/c1-33-49(64(4,5)40-22-19-38(61-2)20-23-40)47(25-26-56-31-45(54-55-56)42(32-58)35-11-7-6-8-12-35)63-51(33)43-28-39(62-3)21-24-46(43)57(50(51)60)30-34-15-17-37(18-16-34)53-48(59)27-36-29-52-44-14-10-9-13-41(36)44/h6-24,28-29,31,33,42,47,49,52,58H,25-27,30,32H2,1-5H3,(H,53,59)/t33-,42?,47+,49-,51+/m0/s1. The average molecular weight is 875 g/mol. The number of hydrogen-bond acceptors (Lipinski definition) is 8. The molecule has 3 N–H and O–H groups in total. The maximum Gasteiger partial charge on any atom is 0.264 e. The van der Waals surface area contributed by atoms with Crippen LogP contribution in [0.2, 0.25) is 18.6 Å². The number of rotatable bonds is 15. The van der Waals surface area contributed by atoms with Gasteiger partial charge in [-0.2, -0.15) is 0 Å². The molecule has 0 aliphatic carbocycles. The highest BCUT2D eigenvalue weighted by atomic mass is 28.3. The van der Waals surface area contributed by atoms with E-state index in [2.05, 4.69) is 52.8 Å². The third kappa shape index (κ3) is 7.77. The first-order chi connectivity index (χ1) is 31.0. The number of benzene rings is 5. The number of carbonyl (C=O) groups excluding carboxylic acids is 2. The Kier molecular flexibility index (Phi) is 11.7. The number of methoxy groups -OCH3 is 2. The summed E-state index contributed by atoms with van der Waals surface area (Å²) in [6.07, 6.45) is 4.31. The summed E-state index contributed by atoms with van der Waals surface area (Å²) in [5.41, 5.74) is 5.50. The number of H-pyrrole nitrogens is 1. The first-order valence-corrected chi connectivity index (χ1v) is 24.9. The lowest BCUT2D eigenvalue weighted by Crippen LogP contribution is -2.51. The van der Waals surface area contributed by atoms with E-state index in [1.54, 1.807) is 14.2 Å². The Bertz CT molecular complexity index is 2770. The van der Waals surface area contributed by atoms with E-state index in [0.717, 1.165) is 44.6 Å². The molecule has 12 nitrogen and oxygen atoms in total. The van der Waals surface area contributed by atoms with Crippen molar-refractivity contribution in [3.8, 4) is 11.5 Å². The van der Waals surface area contributed by atoms with E-state index in [-0.39, 0.29) is 48.3 Å². The molecule has 0 radical (unpaired) electrons. The molecule has 5 aromatic carbocycles. The van der Waals surface area contributed by atoms with Gasteiger partial charge in [-0.15, -0.1) is 5.10 Å². The predicted molar refractivity (Wildman–Crippen MR) is 251 cm³/mol. The van der Waals surface area contributed by atoms with Crippen LogP contribution in [-0.2, 0) is 39.4 Å². The topological polar surface area (TPSA) is 144 Å². The van der Waals surface area contributed by atoms with E-state index < -0.39 is 13.7 Å². The van der Waals surface area contributed by atoms with Gasteiger partial charge in [-0.25, -0.2) is 0 Å². The zero-order chi connectivity index (χ0) is 44.6. The van der Waals surface area contributed by atoms with Gasteiger partial charge in [0.1, 0.15) is 11.5 Å². The van der Waals surface area contributed by atoms with Gasteiger partial charge in [0.2, 0.25) is 5.91 Å². The predicted octanol–water partition coefficient (Wildman–Crippen LogP) is 7.94. The number of nitrogens with one attached hydrogen (secondary N) is 2. The zero-order valence-electron chi connectivity index (χ0n) is 36.8. The number of fused-ring (bicyclic) bond motifs is 3. The van der Waals surface area contributed by atoms with Crippen LogP contribution in [-0.4, -0.2) is 71.9 Å². The highest BCUT2D eigenvalue weighted by Gasteiger charge is 2.66. The number of ether oxygens (including phenoxy) is 3. The molecule has 13 heteroatoms. The van der Waals surface area contributed by atoms with E-state index in [4.69, 9.17) is 14.2 Å². The SMILES string of the molecule is COc1ccc([Si](C)(C)[C@@H]2[C@@H](CCn3cc(C(CO)c4ccccc4)nn3)O[C@]3(C(=O)N(Cc4ccc(NC(=O)Cc5c[nH]c6ccccc56)cc4)c4ccc(OC)cc43)[C@H]2C)cc1. The van der Waals surface area contributed by atoms with Crippen LogP contribution in [0.5, 0.6) is 11.5 Å². The van der Waals surface area contributed by atoms with Gasteiger partial charge in [0.15, 0.2) is 5.60 Å².